The largest absolute Gasteiger partial charge is 0.460 e. The number of anilines is 2. The van der Waals surface area contributed by atoms with E-state index in [1.165, 1.54) is 6.92 Å². The number of carbonyl (C=O) groups excluding carboxylic acids is 3. The van der Waals surface area contributed by atoms with Gasteiger partial charge in [-0.05, 0) is 61.4 Å². The van der Waals surface area contributed by atoms with Gasteiger partial charge in [-0.2, -0.15) is 10.2 Å². The van der Waals surface area contributed by atoms with Crippen LogP contribution in [0.25, 0.3) is 0 Å². The van der Waals surface area contributed by atoms with Gasteiger partial charge in [-0.1, -0.05) is 6.42 Å². The Morgan fingerprint density at radius 3 is 1.89 bits per heavy atom. The van der Waals surface area contributed by atoms with Gasteiger partial charge < -0.3 is 25.2 Å². The molecule has 0 aliphatic rings. The summed E-state index contributed by atoms with van der Waals surface area (Å²) in [4.78, 5) is 34.9. The molecule has 0 atom stereocenters. The number of esters is 1. The van der Waals surface area contributed by atoms with E-state index in [4.69, 9.17) is 4.74 Å². The average Bonchev–Trinajstić information content (AvgIpc) is 2.80. The SMILES string of the molecule is CC(=O)Nc1ccc(N=Nc2ccc(NC(=O)NCCCCCC(=O)OCC[N+](C)(C)C)cc2)cc1. The van der Waals surface area contributed by atoms with E-state index in [1.54, 1.807) is 48.5 Å². The molecule has 194 valence electrons. The Bertz CT molecular complexity index is 1010. The highest BCUT2D eigenvalue weighted by Gasteiger charge is 2.09. The number of carbonyl (C=O) groups is 3. The minimum absolute atomic E-state index is 0.132. The number of quaternary nitrogens is 1. The maximum atomic E-state index is 12.1. The first kappa shape index (κ1) is 28.4. The van der Waals surface area contributed by atoms with E-state index in [1.807, 2.05) is 0 Å². The second-order valence-electron chi connectivity index (χ2n) is 9.40. The fraction of sp³-hybridized carbons (Fsp3) is 0.423. The predicted octanol–water partition coefficient (Wildman–Crippen LogP) is 4.99. The normalized spacial score (nSPS) is 11.2. The van der Waals surface area contributed by atoms with Crippen molar-refractivity contribution in [2.24, 2.45) is 10.2 Å². The maximum Gasteiger partial charge on any atom is 0.319 e. The number of unbranched alkanes of at least 4 members (excludes halogenated alkanes) is 2. The number of benzene rings is 2. The number of nitrogens with one attached hydrogen (secondary N) is 3. The smallest absolute Gasteiger partial charge is 0.319 e. The Morgan fingerprint density at radius 1 is 0.806 bits per heavy atom. The Morgan fingerprint density at radius 2 is 1.36 bits per heavy atom. The van der Waals surface area contributed by atoms with Gasteiger partial charge in [0.2, 0.25) is 5.91 Å². The molecule has 3 N–H and O–H groups in total. The first-order valence-corrected chi connectivity index (χ1v) is 12.0. The van der Waals surface area contributed by atoms with Gasteiger partial charge in [0, 0.05) is 31.3 Å². The van der Waals surface area contributed by atoms with Crippen molar-refractivity contribution in [3.63, 3.8) is 0 Å². The van der Waals surface area contributed by atoms with Crippen LogP contribution >= 0.6 is 0 Å². The van der Waals surface area contributed by atoms with Gasteiger partial charge in [0.05, 0.1) is 32.5 Å². The summed E-state index contributed by atoms with van der Waals surface area (Å²) in [6.07, 6.45) is 2.75. The minimum atomic E-state index is -0.289. The lowest BCUT2D eigenvalue weighted by Gasteiger charge is -2.23. The van der Waals surface area contributed by atoms with Crippen LogP contribution in [0.4, 0.5) is 27.5 Å². The summed E-state index contributed by atoms with van der Waals surface area (Å²) in [5.74, 6) is -0.301. The molecule has 0 fully saturated rings. The van der Waals surface area contributed by atoms with E-state index in [-0.39, 0.29) is 17.9 Å². The molecule has 0 aromatic heterocycles. The van der Waals surface area contributed by atoms with Crippen molar-refractivity contribution in [3.8, 4) is 0 Å². The average molecular weight is 498 g/mol. The van der Waals surface area contributed by atoms with Gasteiger partial charge in [0.1, 0.15) is 13.2 Å². The highest BCUT2D eigenvalue weighted by atomic mass is 16.5. The molecule has 0 radical (unpaired) electrons. The summed E-state index contributed by atoms with van der Waals surface area (Å²) >= 11 is 0. The van der Waals surface area contributed by atoms with Gasteiger partial charge in [0.25, 0.3) is 0 Å². The summed E-state index contributed by atoms with van der Waals surface area (Å²) in [5, 5.41) is 16.6. The van der Waals surface area contributed by atoms with Crippen molar-refractivity contribution in [1.29, 1.82) is 0 Å². The zero-order valence-corrected chi connectivity index (χ0v) is 21.5. The molecule has 2 rings (SSSR count). The second kappa shape index (κ2) is 14.6. The number of likely N-dealkylation sites (N-methyl/N-ethyl adjacent to an activating group) is 1. The molecule has 3 amide bonds. The first-order valence-electron chi connectivity index (χ1n) is 12.0. The summed E-state index contributed by atoms with van der Waals surface area (Å²) in [5.41, 5.74) is 2.63. The second-order valence-corrected chi connectivity index (χ2v) is 9.40. The number of amides is 3. The Labute approximate surface area is 212 Å². The first-order chi connectivity index (χ1) is 17.1. The third-order valence-electron chi connectivity index (χ3n) is 4.96. The van der Waals surface area contributed by atoms with Crippen LogP contribution in [0.5, 0.6) is 0 Å². The van der Waals surface area contributed by atoms with Crippen molar-refractivity contribution in [2.45, 2.75) is 32.6 Å². The Hall–Kier alpha value is -3.79. The maximum absolute atomic E-state index is 12.1. The van der Waals surface area contributed by atoms with Crippen LogP contribution in [-0.4, -0.2) is 63.2 Å². The van der Waals surface area contributed by atoms with Crippen molar-refractivity contribution in [1.82, 2.24) is 5.32 Å². The molecule has 0 aliphatic heterocycles. The highest BCUT2D eigenvalue weighted by Crippen LogP contribution is 2.21. The van der Waals surface area contributed by atoms with Crippen LogP contribution < -0.4 is 16.0 Å². The molecule has 0 saturated heterocycles. The van der Waals surface area contributed by atoms with Crippen molar-refractivity contribution >= 4 is 40.7 Å². The van der Waals surface area contributed by atoms with Crippen molar-refractivity contribution in [3.05, 3.63) is 48.5 Å². The lowest BCUT2D eigenvalue weighted by atomic mass is 10.2. The number of ether oxygens (including phenoxy) is 1. The van der Waals surface area contributed by atoms with Gasteiger partial charge in [-0.25, -0.2) is 4.79 Å². The van der Waals surface area contributed by atoms with Gasteiger partial charge >= 0.3 is 12.0 Å². The Kier molecular flexibility index (Phi) is 11.5. The summed E-state index contributed by atoms with van der Waals surface area (Å²) in [6, 6.07) is 13.7. The fourth-order valence-electron chi connectivity index (χ4n) is 3.00. The lowest BCUT2D eigenvalue weighted by Crippen LogP contribution is -2.38. The molecule has 0 heterocycles. The number of azo groups is 1. The van der Waals surface area contributed by atoms with E-state index in [2.05, 4.69) is 47.3 Å². The van der Waals surface area contributed by atoms with Gasteiger partial charge in [-0.3, -0.25) is 9.59 Å². The van der Waals surface area contributed by atoms with Crippen molar-refractivity contribution < 1.29 is 23.6 Å². The number of urea groups is 1. The molecular weight excluding hydrogens is 460 g/mol. The number of hydrogen-bond donors (Lipinski definition) is 3. The monoisotopic (exact) mass is 497 g/mol. The number of hydrogen-bond acceptors (Lipinski definition) is 6. The van der Waals surface area contributed by atoms with Crippen molar-refractivity contribution in [2.75, 3.05) is 51.5 Å². The topological polar surface area (TPSA) is 121 Å². The summed E-state index contributed by atoms with van der Waals surface area (Å²) in [6.45, 7) is 3.19. The molecule has 36 heavy (non-hydrogen) atoms. The van der Waals surface area contributed by atoms with Gasteiger partial charge in [-0.15, -0.1) is 0 Å². The predicted molar refractivity (Wildman–Crippen MR) is 141 cm³/mol. The quantitative estimate of drug-likeness (QED) is 0.156. The van der Waals surface area contributed by atoms with E-state index >= 15 is 0 Å². The van der Waals surface area contributed by atoms with E-state index in [0.29, 0.717) is 42.3 Å². The molecule has 0 aliphatic carbocycles. The molecule has 10 nitrogen and oxygen atoms in total. The van der Waals surface area contributed by atoms with Crippen LogP contribution in [0, 0.1) is 0 Å². The van der Waals surface area contributed by atoms with E-state index < -0.39 is 0 Å². The van der Waals surface area contributed by atoms with Crippen LogP contribution in [-0.2, 0) is 14.3 Å². The zero-order valence-electron chi connectivity index (χ0n) is 21.5. The zero-order chi connectivity index (χ0) is 26.4. The number of rotatable bonds is 13. The molecule has 0 bridgehead atoms. The van der Waals surface area contributed by atoms with Crippen LogP contribution in [0.2, 0.25) is 0 Å². The Balaban J connectivity index is 1.61. The third kappa shape index (κ3) is 12.6. The number of nitrogens with zero attached hydrogens (tertiary/aromatic N) is 3. The third-order valence-corrected chi connectivity index (χ3v) is 4.96. The van der Waals surface area contributed by atoms with E-state index in [0.717, 1.165) is 30.3 Å². The fourth-order valence-corrected chi connectivity index (χ4v) is 3.00. The summed E-state index contributed by atoms with van der Waals surface area (Å²) < 4.78 is 5.99. The summed E-state index contributed by atoms with van der Waals surface area (Å²) in [7, 11) is 6.16. The van der Waals surface area contributed by atoms with Crippen LogP contribution in [0.1, 0.15) is 32.6 Å². The lowest BCUT2D eigenvalue weighted by molar-refractivity contribution is -0.870. The minimum Gasteiger partial charge on any atom is -0.460 e. The van der Waals surface area contributed by atoms with Gasteiger partial charge in [0.15, 0.2) is 0 Å². The molecular formula is C26H37N6O4+. The van der Waals surface area contributed by atoms with E-state index in [9.17, 15) is 14.4 Å². The molecule has 2 aromatic carbocycles. The molecule has 0 saturated carbocycles. The molecule has 0 spiro atoms. The molecule has 2 aromatic rings. The van der Waals surface area contributed by atoms with Crippen LogP contribution in [0.3, 0.4) is 0 Å². The van der Waals surface area contributed by atoms with Crippen LogP contribution in [0.15, 0.2) is 58.8 Å². The standard InChI is InChI=1S/C26H36N6O4/c1-20(33)28-21-9-13-23(14-10-21)30-31-24-15-11-22(12-16-24)29-26(35)27-17-7-5-6-8-25(34)36-19-18-32(2,3)4/h9-16H,5-8,17-19H2,1-4H3,(H2-,27,28,29,30,31,33,35)/p+1. The molecule has 0 unspecified atom stereocenters. The molecule has 10 heteroatoms. The highest BCUT2D eigenvalue weighted by molar-refractivity contribution is 5.89.